The molecule has 0 spiro atoms. The Labute approximate surface area is 152 Å². The maximum Gasteiger partial charge on any atom is 0.154 e. The SMILES string of the molecule is CC(C(O)O)[C@H]1CC[C@H]2[C@@H]3CCC4CC(=O)CC[C@]4(C)[C@H]3CC[C@]12C. The number of aliphatic hydroxyl groups excluding tert-OH is 1. The van der Waals surface area contributed by atoms with Gasteiger partial charge in [-0.15, -0.1) is 0 Å². The number of fused-ring (bicyclic) bond motifs is 5. The van der Waals surface area contributed by atoms with Gasteiger partial charge in [-0.2, -0.15) is 0 Å². The summed E-state index contributed by atoms with van der Waals surface area (Å²) in [5.41, 5.74) is 0.649. The normalized spacial score (nSPS) is 51.0. The van der Waals surface area contributed by atoms with E-state index in [-0.39, 0.29) is 11.3 Å². The molecule has 0 aromatic rings. The zero-order valence-electron chi connectivity index (χ0n) is 16.2. The van der Waals surface area contributed by atoms with Gasteiger partial charge in [-0.05, 0) is 85.4 Å². The standard InChI is InChI=1S/C22H36O3/c1-13(20(24)25)17-6-7-18-16-5-4-14-12-15(23)8-10-21(14,2)19(16)9-11-22(17,18)3/h13-14,16-20,24-25H,4-12H2,1-3H3/t13?,14?,16-,17+,18-,19-,21-,22+/m0/s1. The molecule has 2 unspecified atom stereocenters. The minimum atomic E-state index is -1.18. The average Bonchev–Trinajstić information content (AvgIpc) is 2.92. The number of ketones is 1. The number of Topliss-reactive ketones (excluding diaryl/α,β-unsaturated/α-hetero) is 1. The second kappa shape index (κ2) is 6.05. The molecule has 0 aromatic heterocycles. The zero-order chi connectivity index (χ0) is 18.0. The Kier molecular flexibility index (Phi) is 4.35. The number of hydrogen-bond acceptors (Lipinski definition) is 3. The summed E-state index contributed by atoms with van der Waals surface area (Å²) in [5.74, 6) is 3.85. The van der Waals surface area contributed by atoms with E-state index in [2.05, 4.69) is 13.8 Å². The fourth-order valence-corrected chi connectivity index (χ4v) is 8.16. The minimum absolute atomic E-state index is 0.0224. The second-order valence-corrected chi connectivity index (χ2v) is 10.4. The van der Waals surface area contributed by atoms with Gasteiger partial charge in [0.1, 0.15) is 5.78 Å². The lowest BCUT2D eigenvalue weighted by Gasteiger charge is -2.60. The molecule has 4 aliphatic rings. The van der Waals surface area contributed by atoms with E-state index in [1.165, 1.54) is 32.1 Å². The molecule has 4 rings (SSSR count). The highest BCUT2D eigenvalue weighted by atomic mass is 16.5. The van der Waals surface area contributed by atoms with Gasteiger partial charge in [0.15, 0.2) is 6.29 Å². The van der Waals surface area contributed by atoms with Crippen molar-refractivity contribution < 1.29 is 15.0 Å². The van der Waals surface area contributed by atoms with E-state index in [1.54, 1.807) is 0 Å². The third-order valence-corrected chi connectivity index (χ3v) is 9.66. The van der Waals surface area contributed by atoms with Gasteiger partial charge in [0.05, 0.1) is 0 Å². The highest BCUT2D eigenvalue weighted by Crippen LogP contribution is 2.68. The van der Waals surface area contributed by atoms with Crippen LogP contribution in [-0.2, 0) is 4.79 Å². The van der Waals surface area contributed by atoms with Gasteiger partial charge in [0, 0.05) is 18.8 Å². The molecule has 25 heavy (non-hydrogen) atoms. The van der Waals surface area contributed by atoms with E-state index in [1.807, 2.05) is 6.92 Å². The van der Waals surface area contributed by atoms with Gasteiger partial charge >= 0.3 is 0 Å². The molecule has 8 atom stereocenters. The van der Waals surface area contributed by atoms with Gasteiger partial charge < -0.3 is 10.2 Å². The van der Waals surface area contributed by atoms with Gasteiger partial charge in [-0.3, -0.25) is 4.79 Å². The Hall–Kier alpha value is -0.410. The third-order valence-electron chi connectivity index (χ3n) is 9.66. The Bertz CT molecular complexity index is 543. The van der Waals surface area contributed by atoms with Crippen molar-refractivity contribution in [3.63, 3.8) is 0 Å². The lowest BCUT2D eigenvalue weighted by atomic mass is 9.44. The van der Waals surface area contributed by atoms with Gasteiger partial charge in [-0.25, -0.2) is 0 Å². The monoisotopic (exact) mass is 348 g/mol. The fourth-order valence-electron chi connectivity index (χ4n) is 8.16. The summed E-state index contributed by atoms with van der Waals surface area (Å²) in [6, 6.07) is 0. The fraction of sp³-hybridized carbons (Fsp3) is 0.955. The van der Waals surface area contributed by atoms with Crippen molar-refractivity contribution in [2.75, 3.05) is 0 Å². The summed E-state index contributed by atoms with van der Waals surface area (Å²) < 4.78 is 0. The molecule has 2 N–H and O–H groups in total. The van der Waals surface area contributed by atoms with Crippen molar-refractivity contribution in [1.82, 2.24) is 0 Å². The molecule has 4 saturated carbocycles. The van der Waals surface area contributed by atoms with Crippen LogP contribution in [0.5, 0.6) is 0 Å². The summed E-state index contributed by atoms with van der Waals surface area (Å²) in [7, 11) is 0. The van der Waals surface area contributed by atoms with Crippen molar-refractivity contribution in [2.24, 2.45) is 46.3 Å². The van der Waals surface area contributed by atoms with Crippen LogP contribution in [0.1, 0.15) is 78.6 Å². The van der Waals surface area contributed by atoms with Crippen LogP contribution in [0, 0.1) is 46.3 Å². The minimum Gasteiger partial charge on any atom is -0.368 e. The smallest absolute Gasteiger partial charge is 0.154 e. The Balaban J connectivity index is 1.59. The number of carbonyl (C=O) groups is 1. The zero-order valence-corrected chi connectivity index (χ0v) is 16.2. The first-order valence-electron chi connectivity index (χ1n) is 10.6. The largest absolute Gasteiger partial charge is 0.368 e. The summed E-state index contributed by atoms with van der Waals surface area (Å²) >= 11 is 0. The molecule has 3 heteroatoms. The first-order chi connectivity index (χ1) is 11.8. The average molecular weight is 349 g/mol. The lowest BCUT2D eigenvalue weighted by Crippen LogP contribution is -2.54. The molecule has 3 nitrogen and oxygen atoms in total. The van der Waals surface area contributed by atoms with Crippen molar-refractivity contribution in [3.8, 4) is 0 Å². The first-order valence-corrected chi connectivity index (χ1v) is 10.6. The van der Waals surface area contributed by atoms with Gasteiger partial charge in [0.25, 0.3) is 0 Å². The van der Waals surface area contributed by atoms with Crippen LogP contribution >= 0.6 is 0 Å². The topological polar surface area (TPSA) is 57.5 Å². The summed E-state index contributed by atoms with van der Waals surface area (Å²) in [6.45, 7) is 6.97. The third kappa shape index (κ3) is 2.56. The maximum absolute atomic E-state index is 12.0. The van der Waals surface area contributed by atoms with E-state index in [4.69, 9.17) is 0 Å². The summed E-state index contributed by atoms with van der Waals surface area (Å²) in [4.78, 5) is 12.0. The quantitative estimate of drug-likeness (QED) is 0.737. The Morgan fingerprint density at radius 3 is 2.40 bits per heavy atom. The molecule has 142 valence electrons. The molecule has 0 heterocycles. The molecule has 4 aliphatic carbocycles. The van der Waals surface area contributed by atoms with Crippen molar-refractivity contribution >= 4 is 5.78 Å². The van der Waals surface area contributed by atoms with Gasteiger partial charge in [0.2, 0.25) is 0 Å². The second-order valence-electron chi connectivity index (χ2n) is 10.4. The van der Waals surface area contributed by atoms with Crippen molar-refractivity contribution in [1.29, 1.82) is 0 Å². The lowest BCUT2D eigenvalue weighted by molar-refractivity contribution is -0.148. The number of hydrogen-bond donors (Lipinski definition) is 2. The van der Waals surface area contributed by atoms with Crippen LogP contribution in [0.3, 0.4) is 0 Å². The summed E-state index contributed by atoms with van der Waals surface area (Å²) in [6.07, 6.45) is 9.01. The first kappa shape index (κ1) is 18.0. The van der Waals surface area contributed by atoms with Crippen LogP contribution in [0.2, 0.25) is 0 Å². The van der Waals surface area contributed by atoms with E-state index in [0.717, 1.165) is 43.4 Å². The van der Waals surface area contributed by atoms with Gasteiger partial charge in [-0.1, -0.05) is 20.8 Å². The number of rotatable bonds is 2. The molecule has 4 fully saturated rings. The molecule has 0 aliphatic heterocycles. The Morgan fingerprint density at radius 2 is 1.68 bits per heavy atom. The van der Waals surface area contributed by atoms with Crippen molar-refractivity contribution in [3.05, 3.63) is 0 Å². The van der Waals surface area contributed by atoms with E-state index in [9.17, 15) is 15.0 Å². The highest BCUT2D eigenvalue weighted by molar-refractivity contribution is 5.79. The molecular weight excluding hydrogens is 312 g/mol. The summed E-state index contributed by atoms with van der Waals surface area (Å²) in [5, 5.41) is 19.5. The van der Waals surface area contributed by atoms with Crippen molar-refractivity contribution in [2.45, 2.75) is 84.8 Å². The number of carbonyl (C=O) groups excluding carboxylic acids is 1. The van der Waals surface area contributed by atoms with Crippen LogP contribution < -0.4 is 0 Å². The van der Waals surface area contributed by atoms with Crippen LogP contribution in [-0.4, -0.2) is 22.3 Å². The van der Waals surface area contributed by atoms with Crippen LogP contribution in [0.25, 0.3) is 0 Å². The molecule has 0 amide bonds. The predicted molar refractivity (Wildman–Crippen MR) is 97.6 cm³/mol. The van der Waals surface area contributed by atoms with E-state index >= 15 is 0 Å². The predicted octanol–water partition coefficient (Wildman–Crippen LogP) is 4.16. The van der Waals surface area contributed by atoms with E-state index in [0.29, 0.717) is 23.0 Å². The molecule has 0 saturated heterocycles. The molecule has 0 aromatic carbocycles. The molecular formula is C22H36O3. The van der Waals surface area contributed by atoms with Crippen LogP contribution in [0.15, 0.2) is 0 Å². The van der Waals surface area contributed by atoms with E-state index < -0.39 is 6.29 Å². The van der Waals surface area contributed by atoms with Crippen LogP contribution in [0.4, 0.5) is 0 Å². The Morgan fingerprint density at radius 1 is 0.960 bits per heavy atom. The number of aliphatic hydroxyl groups is 2. The molecule has 0 radical (unpaired) electrons. The maximum atomic E-state index is 12.0. The highest BCUT2D eigenvalue weighted by Gasteiger charge is 2.60. The molecule has 0 bridgehead atoms.